The molecule has 3 aromatic heterocycles. The lowest BCUT2D eigenvalue weighted by Crippen LogP contribution is -2.13. The third-order valence-electron chi connectivity index (χ3n) is 4.47. The second kappa shape index (κ2) is 5.67. The number of carbonyl (C=O) groups excluding carboxylic acids is 1. The summed E-state index contributed by atoms with van der Waals surface area (Å²) in [6, 6.07) is 20.7. The van der Waals surface area contributed by atoms with Crippen LogP contribution in [0.15, 0.2) is 84.3 Å². The van der Waals surface area contributed by atoms with Crippen LogP contribution in [-0.4, -0.2) is 15.4 Å². The van der Waals surface area contributed by atoms with Gasteiger partial charge in [0.25, 0.3) is 0 Å². The average Bonchev–Trinajstić information content (AvgIpc) is 3.18. The molecule has 0 aliphatic heterocycles. The highest BCUT2D eigenvalue weighted by atomic mass is 16.7. The third-order valence-corrected chi connectivity index (χ3v) is 4.47. The van der Waals surface area contributed by atoms with Crippen molar-refractivity contribution in [1.29, 1.82) is 0 Å². The van der Waals surface area contributed by atoms with Gasteiger partial charge in [0.05, 0.1) is 16.6 Å². The molecule has 0 atom stereocenters. The molecule has 0 aliphatic carbocycles. The highest BCUT2D eigenvalue weighted by Gasteiger charge is 2.12. The van der Waals surface area contributed by atoms with Crippen molar-refractivity contribution in [1.82, 2.24) is 9.38 Å². The van der Waals surface area contributed by atoms with Gasteiger partial charge in [-0.2, -0.15) is 0 Å². The monoisotopic (exact) mass is 339 g/mol. The Balaban J connectivity index is 1.78. The molecule has 5 rings (SSSR count). The number of pyridine rings is 2. The lowest BCUT2D eigenvalue weighted by atomic mass is 10.1. The van der Waals surface area contributed by atoms with Crippen LogP contribution in [-0.2, 0) is 4.84 Å². The van der Waals surface area contributed by atoms with Gasteiger partial charge in [-0.05, 0) is 41.8 Å². The maximum atomic E-state index is 12.3. The van der Waals surface area contributed by atoms with E-state index < -0.39 is 5.97 Å². The van der Waals surface area contributed by atoms with Crippen LogP contribution < -0.4 is 5.36 Å². The van der Waals surface area contributed by atoms with Crippen molar-refractivity contribution in [2.45, 2.75) is 0 Å². The van der Waals surface area contributed by atoms with E-state index in [1.165, 1.54) is 0 Å². The minimum Gasteiger partial charge on any atom is -0.314 e. The van der Waals surface area contributed by atoms with Crippen LogP contribution in [0.25, 0.3) is 27.3 Å². The summed E-state index contributed by atoms with van der Waals surface area (Å²) in [5, 5.41) is 6.78. The van der Waals surface area contributed by atoms with E-state index in [0.29, 0.717) is 16.4 Å². The SMILES string of the molecule is O=C(ON=c1c2nccc3cccc(c32)n2cccc12)c1ccccc1. The number of hydrogen-bond acceptors (Lipinski definition) is 4. The maximum absolute atomic E-state index is 12.3. The standard InChI is InChI=1S/C21H13N3O2/c25-21(15-6-2-1-3-7-15)26-23-19-17-10-5-13-24(17)16-9-4-8-14-11-12-22-20(19)18(14)16/h1-13H. The summed E-state index contributed by atoms with van der Waals surface area (Å²) in [6.07, 6.45) is 3.71. The van der Waals surface area contributed by atoms with Gasteiger partial charge >= 0.3 is 5.97 Å². The summed E-state index contributed by atoms with van der Waals surface area (Å²) in [5.74, 6) is -0.498. The highest BCUT2D eigenvalue weighted by molar-refractivity contribution is 6.08. The minimum absolute atomic E-state index is 0.453. The fraction of sp³-hybridized carbons (Fsp3) is 0. The Labute approximate surface area is 148 Å². The molecule has 2 aromatic carbocycles. The van der Waals surface area contributed by atoms with Crippen molar-refractivity contribution in [3.05, 3.63) is 90.0 Å². The number of aromatic nitrogens is 2. The Morgan fingerprint density at radius 1 is 0.923 bits per heavy atom. The first-order valence-electron chi connectivity index (χ1n) is 8.23. The summed E-state index contributed by atoms with van der Waals surface area (Å²) >= 11 is 0. The largest absolute Gasteiger partial charge is 0.365 e. The highest BCUT2D eigenvalue weighted by Crippen LogP contribution is 2.24. The summed E-state index contributed by atoms with van der Waals surface area (Å²) in [7, 11) is 0. The van der Waals surface area contributed by atoms with Gasteiger partial charge in [0, 0.05) is 17.8 Å². The van der Waals surface area contributed by atoms with Crippen LogP contribution in [0.5, 0.6) is 0 Å². The van der Waals surface area contributed by atoms with Crippen LogP contribution >= 0.6 is 0 Å². The Kier molecular flexibility index (Phi) is 3.18. The molecule has 5 aromatic rings. The van der Waals surface area contributed by atoms with E-state index >= 15 is 0 Å². The zero-order valence-electron chi connectivity index (χ0n) is 13.7. The Hall–Kier alpha value is -3.73. The van der Waals surface area contributed by atoms with Crippen molar-refractivity contribution in [3.8, 4) is 0 Å². The molecule has 0 spiro atoms. The third kappa shape index (κ3) is 2.14. The lowest BCUT2D eigenvalue weighted by Gasteiger charge is -2.08. The molecule has 3 heterocycles. The van der Waals surface area contributed by atoms with Crippen molar-refractivity contribution in [2.75, 3.05) is 0 Å². The van der Waals surface area contributed by atoms with Gasteiger partial charge < -0.3 is 9.24 Å². The van der Waals surface area contributed by atoms with Crippen LogP contribution in [0.2, 0.25) is 0 Å². The molecule has 124 valence electrons. The fourth-order valence-electron chi connectivity index (χ4n) is 3.30. The Morgan fingerprint density at radius 3 is 2.65 bits per heavy atom. The van der Waals surface area contributed by atoms with Crippen molar-refractivity contribution in [2.24, 2.45) is 5.16 Å². The van der Waals surface area contributed by atoms with Crippen LogP contribution in [0, 0.1) is 0 Å². The molecule has 0 bridgehead atoms. The van der Waals surface area contributed by atoms with E-state index in [-0.39, 0.29) is 0 Å². The average molecular weight is 339 g/mol. The van der Waals surface area contributed by atoms with Gasteiger partial charge in [-0.25, -0.2) is 4.79 Å². The van der Waals surface area contributed by atoms with Gasteiger partial charge in [0.2, 0.25) is 0 Å². The van der Waals surface area contributed by atoms with Crippen LogP contribution in [0.1, 0.15) is 10.4 Å². The van der Waals surface area contributed by atoms with E-state index in [2.05, 4.69) is 10.1 Å². The van der Waals surface area contributed by atoms with Crippen molar-refractivity contribution >= 4 is 33.3 Å². The maximum Gasteiger partial charge on any atom is 0.365 e. The minimum atomic E-state index is -0.498. The second-order valence-corrected chi connectivity index (χ2v) is 5.98. The quantitative estimate of drug-likeness (QED) is 0.363. The zero-order chi connectivity index (χ0) is 17.5. The van der Waals surface area contributed by atoms with Gasteiger partial charge in [0.1, 0.15) is 5.52 Å². The molecule has 0 fully saturated rings. The molecule has 0 saturated heterocycles. The lowest BCUT2D eigenvalue weighted by molar-refractivity contribution is 0.0499. The molecule has 0 saturated carbocycles. The van der Waals surface area contributed by atoms with Gasteiger partial charge in [-0.1, -0.05) is 35.5 Å². The van der Waals surface area contributed by atoms with E-state index in [1.54, 1.807) is 30.5 Å². The summed E-state index contributed by atoms with van der Waals surface area (Å²) < 4.78 is 2.03. The Bertz CT molecular complexity index is 1320. The molecule has 26 heavy (non-hydrogen) atoms. The Morgan fingerprint density at radius 2 is 1.77 bits per heavy atom. The first-order valence-corrected chi connectivity index (χ1v) is 8.23. The zero-order valence-corrected chi connectivity index (χ0v) is 13.7. The summed E-state index contributed by atoms with van der Waals surface area (Å²) in [4.78, 5) is 22.0. The van der Waals surface area contributed by atoms with Gasteiger partial charge in [-0.15, -0.1) is 0 Å². The van der Waals surface area contributed by atoms with Crippen LogP contribution in [0.3, 0.4) is 0 Å². The smallest absolute Gasteiger partial charge is 0.314 e. The molecular formula is C21H13N3O2. The number of benzene rings is 2. The number of fused-ring (bicyclic) bond motifs is 2. The molecule has 5 heteroatoms. The van der Waals surface area contributed by atoms with Crippen molar-refractivity contribution < 1.29 is 9.63 Å². The molecule has 0 amide bonds. The molecular weight excluding hydrogens is 326 g/mol. The number of carbonyl (C=O) groups is 1. The van der Waals surface area contributed by atoms with Crippen molar-refractivity contribution in [3.63, 3.8) is 0 Å². The number of hydrogen-bond donors (Lipinski definition) is 0. The van der Waals surface area contributed by atoms with E-state index in [1.807, 2.05) is 53.1 Å². The topological polar surface area (TPSA) is 56.0 Å². The predicted octanol–water partition coefficient (Wildman–Crippen LogP) is 3.75. The molecule has 0 radical (unpaired) electrons. The molecule has 5 nitrogen and oxygen atoms in total. The van der Waals surface area contributed by atoms with Gasteiger partial charge in [0.15, 0.2) is 5.36 Å². The first-order chi connectivity index (χ1) is 12.8. The molecule has 0 unspecified atom stereocenters. The van der Waals surface area contributed by atoms with E-state index in [9.17, 15) is 4.79 Å². The second-order valence-electron chi connectivity index (χ2n) is 5.98. The molecule has 0 aliphatic rings. The normalized spacial score (nSPS) is 12.2. The van der Waals surface area contributed by atoms with E-state index in [4.69, 9.17) is 4.84 Å². The summed E-state index contributed by atoms with van der Waals surface area (Å²) in [6.45, 7) is 0. The fourth-order valence-corrected chi connectivity index (χ4v) is 3.30. The summed E-state index contributed by atoms with van der Waals surface area (Å²) in [5.41, 5.74) is 3.04. The number of nitrogens with zero attached hydrogens (tertiary/aromatic N) is 3. The predicted molar refractivity (Wildman–Crippen MR) is 98.8 cm³/mol. The van der Waals surface area contributed by atoms with Crippen LogP contribution in [0.4, 0.5) is 0 Å². The number of rotatable bonds is 2. The van der Waals surface area contributed by atoms with E-state index in [0.717, 1.165) is 21.8 Å². The first kappa shape index (κ1) is 14.6. The molecule has 0 N–H and O–H groups in total. The van der Waals surface area contributed by atoms with Gasteiger partial charge in [-0.3, -0.25) is 4.98 Å².